The van der Waals surface area contributed by atoms with Gasteiger partial charge in [-0.2, -0.15) is 0 Å². The second-order valence-electron chi connectivity index (χ2n) is 1.49. The van der Waals surface area contributed by atoms with Crippen molar-refractivity contribution in [2.24, 2.45) is 0 Å². The van der Waals surface area contributed by atoms with Gasteiger partial charge in [0.1, 0.15) is 5.76 Å². The molecular formula is C5H4O. The minimum Gasteiger partial charge on any atom is -0.478 e. The van der Waals surface area contributed by atoms with Crippen LogP contribution < -0.4 is 0 Å². The summed E-state index contributed by atoms with van der Waals surface area (Å²) in [4.78, 5) is 0. The molecule has 0 aromatic carbocycles. The molecule has 2 rings (SSSR count). The van der Waals surface area contributed by atoms with E-state index in [1.807, 2.05) is 18.2 Å². The Bertz CT molecular complexity index is 133. The summed E-state index contributed by atoms with van der Waals surface area (Å²) < 4.78 is 4.93. The zero-order valence-corrected chi connectivity index (χ0v) is 3.22. The highest BCUT2D eigenvalue weighted by Gasteiger charge is 2.31. The summed E-state index contributed by atoms with van der Waals surface area (Å²) in [5.74, 6) is 1.13. The van der Waals surface area contributed by atoms with E-state index in [0.29, 0.717) is 6.10 Å². The average molecular weight is 80.1 g/mol. The van der Waals surface area contributed by atoms with Crippen LogP contribution in [0.2, 0.25) is 0 Å². The van der Waals surface area contributed by atoms with Crippen molar-refractivity contribution >= 4 is 0 Å². The normalized spacial score (nSPS) is 34.7. The highest BCUT2D eigenvalue weighted by Crippen LogP contribution is 2.31. The van der Waals surface area contributed by atoms with Gasteiger partial charge < -0.3 is 4.74 Å². The molecule has 1 nitrogen and oxygen atoms in total. The Labute approximate surface area is 35.9 Å². The van der Waals surface area contributed by atoms with Crippen LogP contribution in [0.15, 0.2) is 24.0 Å². The molecule has 6 heavy (non-hydrogen) atoms. The van der Waals surface area contributed by atoms with Crippen molar-refractivity contribution in [2.75, 3.05) is 0 Å². The van der Waals surface area contributed by atoms with Gasteiger partial charge >= 0.3 is 0 Å². The molecule has 0 N–H and O–H groups in total. The van der Waals surface area contributed by atoms with Gasteiger partial charge in [-0.1, -0.05) is 6.08 Å². The molecule has 1 saturated heterocycles. The minimum atomic E-state index is 0.394. The van der Waals surface area contributed by atoms with Gasteiger partial charge in [-0.15, -0.1) is 0 Å². The fourth-order valence-electron chi connectivity index (χ4n) is 0.632. The lowest BCUT2D eigenvalue weighted by Gasteiger charge is -1.65. The summed E-state index contributed by atoms with van der Waals surface area (Å²) in [5, 5.41) is 0. The maximum absolute atomic E-state index is 4.93. The van der Waals surface area contributed by atoms with Gasteiger partial charge in [-0.3, -0.25) is 0 Å². The molecule has 1 heterocycles. The second kappa shape index (κ2) is 0.535. The first kappa shape index (κ1) is 2.45. The molecule has 1 aliphatic heterocycles. The molecule has 0 amide bonds. The number of epoxide rings is 1. The Balaban J connectivity index is 2.50. The van der Waals surface area contributed by atoms with Crippen molar-refractivity contribution in [3.05, 3.63) is 24.0 Å². The molecule has 30 valence electrons. The standard InChI is InChI=1S/C5H4O/c1-2-4-5(3-1)6-4/h1-4H. The molecule has 1 fully saturated rings. The van der Waals surface area contributed by atoms with Gasteiger partial charge in [-0.05, 0) is 12.2 Å². The van der Waals surface area contributed by atoms with E-state index in [-0.39, 0.29) is 0 Å². The summed E-state index contributed by atoms with van der Waals surface area (Å²) in [7, 11) is 0. The number of hydrogen-bond donors (Lipinski definition) is 0. The Morgan fingerprint density at radius 3 is 2.83 bits per heavy atom. The molecule has 1 heteroatoms. The molecule has 1 unspecified atom stereocenters. The van der Waals surface area contributed by atoms with Crippen molar-refractivity contribution < 1.29 is 4.74 Å². The maximum Gasteiger partial charge on any atom is 0.174 e. The molecule has 0 saturated carbocycles. The number of allylic oxidation sites excluding steroid dienone is 2. The molecule has 0 radical (unpaired) electrons. The summed E-state index contributed by atoms with van der Waals surface area (Å²) in [6.07, 6.45) is 6.44. The molecule has 2 aliphatic rings. The summed E-state index contributed by atoms with van der Waals surface area (Å²) in [5.41, 5.74) is 0. The first-order valence-electron chi connectivity index (χ1n) is 2.02. The molecule has 0 bridgehead atoms. The van der Waals surface area contributed by atoms with Gasteiger partial charge in [-0.25, -0.2) is 0 Å². The van der Waals surface area contributed by atoms with Crippen molar-refractivity contribution in [3.8, 4) is 0 Å². The average Bonchev–Trinajstić information content (AvgIpc) is 2.17. The monoisotopic (exact) mass is 80.0 g/mol. The predicted octanol–water partition coefficient (Wildman–Crippen LogP) is 0.839. The molecule has 0 aromatic heterocycles. The van der Waals surface area contributed by atoms with Gasteiger partial charge in [0, 0.05) is 0 Å². The number of fused-ring (bicyclic) bond motifs is 1. The third-order valence-electron chi connectivity index (χ3n) is 1.03. The number of ether oxygens (including phenoxy) is 1. The van der Waals surface area contributed by atoms with Crippen LogP contribution in [0.1, 0.15) is 0 Å². The molecule has 1 aliphatic carbocycles. The Hall–Kier alpha value is -0.720. The second-order valence-corrected chi connectivity index (χ2v) is 1.49. The molecule has 1 atom stereocenters. The quantitative estimate of drug-likeness (QED) is 0.393. The maximum atomic E-state index is 4.93. The van der Waals surface area contributed by atoms with Gasteiger partial charge in [0.05, 0.1) is 0 Å². The van der Waals surface area contributed by atoms with Crippen LogP contribution in [0, 0.1) is 0 Å². The van der Waals surface area contributed by atoms with Crippen LogP contribution in [0.25, 0.3) is 0 Å². The van der Waals surface area contributed by atoms with E-state index in [9.17, 15) is 0 Å². The van der Waals surface area contributed by atoms with Crippen molar-refractivity contribution in [1.82, 2.24) is 0 Å². The zero-order valence-electron chi connectivity index (χ0n) is 3.22. The topological polar surface area (TPSA) is 12.5 Å². The Kier molecular flexibility index (Phi) is 0.219. The van der Waals surface area contributed by atoms with E-state index in [1.54, 1.807) is 0 Å². The Morgan fingerprint density at radius 2 is 2.67 bits per heavy atom. The van der Waals surface area contributed by atoms with Crippen LogP contribution in [0.3, 0.4) is 0 Å². The predicted molar refractivity (Wildman–Crippen MR) is 22.1 cm³/mol. The van der Waals surface area contributed by atoms with E-state index >= 15 is 0 Å². The van der Waals surface area contributed by atoms with Gasteiger partial charge in [0.15, 0.2) is 6.10 Å². The third-order valence-corrected chi connectivity index (χ3v) is 1.03. The van der Waals surface area contributed by atoms with E-state index in [2.05, 4.69) is 0 Å². The first-order chi connectivity index (χ1) is 2.97. The highest BCUT2D eigenvalue weighted by molar-refractivity contribution is 5.33. The van der Waals surface area contributed by atoms with Crippen LogP contribution in [0.5, 0.6) is 0 Å². The lowest BCUT2D eigenvalue weighted by molar-refractivity contribution is 0.463. The lowest BCUT2D eigenvalue weighted by atomic mass is 10.5. The number of hydrogen-bond acceptors (Lipinski definition) is 1. The smallest absolute Gasteiger partial charge is 0.174 e. The Morgan fingerprint density at radius 1 is 1.67 bits per heavy atom. The fourth-order valence-corrected chi connectivity index (χ4v) is 0.632. The van der Waals surface area contributed by atoms with Crippen LogP contribution in [-0.2, 0) is 4.74 Å². The van der Waals surface area contributed by atoms with E-state index in [0.717, 1.165) is 5.76 Å². The van der Waals surface area contributed by atoms with Crippen molar-refractivity contribution in [2.45, 2.75) is 6.10 Å². The summed E-state index contributed by atoms with van der Waals surface area (Å²) in [6, 6.07) is 0. The van der Waals surface area contributed by atoms with E-state index < -0.39 is 0 Å². The SMILES string of the molecule is C1=CC2OC2=C1. The van der Waals surface area contributed by atoms with Crippen molar-refractivity contribution in [3.63, 3.8) is 0 Å². The first-order valence-corrected chi connectivity index (χ1v) is 2.02. The van der Waals surface area contributed by atoms with Crippen LogP contribution >= 0.6 is 0 Å². The molecule has 0 spiro atoms. The van der Waals surface area contributed by atoms with Crippen LogP contribution in [-0.4, -0.2) is 6.10 Å². The van der Waals surface area contributed by atoms with Gasteiger partial charge in [0.2, 0.25) is 0 Å². The summed E-state index contributed by atoms with van der Waals surface area (Å²) >= 11 is 0. The molecular weight excluding hydrogens is 76.1 g/mol. The minimum absolute atomic E-state index is 0.394. The van der Waals surface area contributed by atoms with Crippen molar-refractivity contribution in [1.29, 1.82) is 0 Å². The van der Waals surface area contributed by atoms with Gasteiger partial charge in [0.25, 0.3) is 0 Å². The fraction of sp³-hybridized carbons (Fsp3) is 0.200. The zero-order chi connectivity index (χ0) is 3.98. The number of rotatable bonds is 0. The highest BCUT2D eigenvalue weighted by atomic mass is 16.6. The van der Waals surface area contributed by atoms with E-state index in [1.165, 1.54) is 0 Å². The van der Waals surface area contributed by atoms with Crippen LogP contribution in [0.4, 0.5) is 0 Å². The largest absolute Gasteiger partial charge is 0.478 e. The lowest BCUT2D eigenvalue weighted by Crippen LogP contribution is -1.63. The van der Waals surface area contributed by atoms with E-state index in [4.69, 9.17) is 4.74 Å². The summed E-state index contributed by atoms with van der Waals surface area (Å²) in [6.45, 7) is 0. The third kappa shape index (κ3) is 0.134. The molecule has 0 aromatic rings.